The molecule has 5 N–H and O–H groups in total. The Balaban J connectivity index is 2.65. The van der Waals surface area contributed by atoms with Crippen LogP contribution in [0.1, 0.15) is 18.2 Å². The largest absolute Gasteiger partial charge is 0.416 e. The third-order valence-corrected chi connectivity index (χ3v) is 5.12. The minimum Gasteiger partial charge on any atom is -0.383 e. The number of benzene rings is 1. The van der Waals surface area contributed by atoms with Crippen molar-refractivity contribution in [3.05, 3.63) is 45.6 Å². The van der Waals surface area contributed by atoms with Crippen LogP contribution in [0.4, 0.5) is 19.0 Å². The number of aromatic nitrogens is 2. The molecule has 162 valence electrons. The minimum atomic E-state index is -4.68. The van der Waals surface area contributed by atoms with Crippen molar-refractivity contribution in [3.63, 3.8) is 0 Å². The van der Waals surface area contributed by atoms with Gasteiger partial charge in [-0.05, 0) is 19.1 Å². The molecule has 8 nitrogen and oxygen atoms in total. The summed E-state index contributed by atoms with van der Waals surface area (Å²) in [4.78, 5) is 11.4. The topological polar surface area (TPSA) is 128 Å². The molecule has 0 aliphatic carbocycles. The summed E-state index contributed by atoms with van der Waals surface area (Å²) in [6.45, 7) is 1.62. The number of anilines is 1. The molecule has 1 heterocycles. The lowest BCUT2D eigenvalue weighted by molar-refractivity contribution is -0.137. The number of amides is 1. The fourth-order valence-electron chi connectivity index (χ4n) is 2.33. The number of allylic oxidation sites excluding steroid dienone is 1. The number of hydrogen-bond acceptors (Lipinski definition) is 5. The summed E-state index contributed by atoms with van der Waals surface area (Å²) in [5.41, 5.74) is 12.6. The molecule has 1 atom stereocenters. The molecule has 30 heavy (non-hydrogen) atoms. The van der Waals surface area contributed by atoms with E-state index in [-0.39, 0.29) is 27.9 Å². The third kappa shape index (κ3) is 4.94. The number of nitrogens with one attached hydrogen (secondary N) is 1. The molecular weight excluding hydrogens is 468 g/mol. The lowest BCUT2D eigenvalue weighted by Gasteiger charge is -2.13. The van der Waals surface area contributed by atoms with Crippen molar-refractivity contribution < 1.29 is 22.2 Å². The Labute approximate surface area is 181 Å². The number of hydrogen-bond donors (Lipinski definition) is 3. The van der Waals surface area contributed by atoms with Crippen LogP contribution in [0, 0.1) is 0 Å². The monoisotopic (exact) mass is 482 g/mol. The number of nitrogen functional groups attached to an aromatic ring is 1. The summed E-state index contributed by atoms with van der Waals surface area (Å²) in [5.74, 6) is -1.16. The van der Waals surface area contributed by atoms with Crippen molar-refractivity contribution in [1.29, 1.82) is 0 Å². The molecule has 0 spiro atoms. The molecule has 1 unspecified atom stereocenters. The van der Waals surface area contributed by atoms with Crippen LogP contribution in [0.25, 0.3) is 5.69 Å². The van der Waals surface area contributed by atoms with Crippen LogP contribution in [-0.2, 0) is 21.8 Å². The Kier molecular flexibility index (Phi) is 7.16. The van der Waals surface area contributed by atoms with Crippen molar-refractivity contribution in [2.24, 2.45) is 10.8 Å². The van der Waals surface area contributed by atoms with Crippen molar-refractivity contribution in [2.45, 2.75) is 18.0 Å². The van der Waals surface area contributed by atoms with Gasteiger partial charge in [0, 0.05) is 12.3 Å². The molecule has 0 bridgehead atoms. The normalized spacial score (nSPS) is 13.6. The van der Waals surface area contributed by atoms with E-state index in [0.29, 0.717) is 12.1 Å². The van der Waals surface area contributed by atoms with Gasteiger partial charge in [0.1, 0.15) is 22.1 Å². The first kappa shape index (κ1) is 23.7. The number of alkyl halides is 3. The van der Waals surface area contributed by atoms with Crippen LogP contribution >= 0.6 is 23.2 Å². The zero-order valence-corrected chi connectivity index (χ0v) is 17.7. The van der Waals surface area contributed by atoms with Crippen LogP contribution in [0.15, 0.2) is 34.3 Å². The van der Waals surface area contributed by atoms with Crippen molar-refractivity contribution >= 4 is 51.6 Å². The van der Waals surface area contributed by atoms with Gasteiger partial charge in [-0.2, -0.15) is 23.4 Å². The van der Waals surface area contributed by atoms with Gasteiger partial charge in [0.05, 0.1) is 26.4 Å². The molecule has 0 saturated carbocycles. The van der Waals surface area contributed by atoms with Gasteiger partial charge in [-0.25, -0.2) is 10.1 Å². The number of hydrazone groups is 1. The number of carbonyl (C=O) groups excluding carboxylic acids is 1. The Bertz CT molecular complexity index is 1060. The highest BCUT2D eigenvalue weighted by Crippen LogP contribution is 2.39. The third-order valence-electron chi connectivity index (χ3n) is 3.57. The number of nitrogens with zero attached hydrogens (tertiary/aromatic N) is 3. The van der Waals surface area contributed by atoms with Crippen LogP contribution in [-0.4, -0.2) is 32.0 Å². The molecule has 0 aliphatic heterocycles. The molecule has 2 rings (SSSR count). The number of nitrogens with two attached hydrogens (primary N) is 2. The molecule has 1 aromatic carbocycles. The van der Waals surface area contributed by atoms with E-state index < -0.39 is 38.5 Å². The first-order valence-corrected chi connectivity index (χ1v) is 10.2. The summed E-state index contributed by atoms with van der Waals surface area (Å²) in [5, 5.41) is 6.92. The average Bonchev–Trinajstić information content (AvgIpc) is 2.96. The van der Waals surface area contributed by atoms with Crippen molar-refractivity contribution in [3.8, 4) is 5.69 Å². The van der Waals surface area contributed by atoms with Crippen LogP contribution < -0.4 is 16.9 Å². The molecule has 1 aromatic heterocycles. The predicted molar refractivity (Wildman–Crippen MR) is 109 cm³/mol. The van der Waals surface area contributed by atoms with Gasteiger partial charge in [-0.15, -0.1) is 0 Å². The average molecular weight is 483 g/mol. The van der Waals surface area contributed by atoms with Gasteiger partial charge in [-0.1, -0.05) is 29.3 Å². The molecule has 14 heteroatoms. The lowest BCUT2D eigenvalue weighted by atomic mass is 10.2. The SMILES string of the molecule is CC=CC(=O)NN=C(N)c1nn(-c2c(Cl)cc(C(F)(F)F)cc2Cl)c(N)c1S(C)=O. The van der Waals surface area contributed by atoms with E-state index in [2.05, 4.69) is 15.6 Å². The minimum absolute atomic E-state index is 0.0661. The highest BCUT2D eigenvalue weighted by Gasteiger charge is 2.33. The number of rotatable bonds is 5. The summed E-state index contributed by atoms with van der Waals surface area (Å²) in [7, 11) is -1.74. The summed E-state index contributed by atoms with van der Waals surface area (Å²) >= 11 is 12.0. The smallest absolute Gasteiger partial charge is 0.383 e. The number of amidine groups is 1. The predicted octanol–water partition coefficient (Wildman–Crippen LogP) is 2.83. The van der Waals surface area contributed by atoms with E-state index in [1.807, 2.05) is 0 Å². The Hall–Kier alpha value is -2.57. The summed E-state index contributed by atoms with van der Waals surface area (Å²) < 4.78 is 52.0. The molecule has 2 aromatic rings. The van der Waals surface area contributed by atoms with Crippen molar-refractivity contribution in [1.82, 2.24) is 15.2 Å². The lowest BCUT2D eigenvalue weighted by Crippen LogP contribution is -2.24. The maximum absolute atomic E-state index is 13.0. The van der Waals surface area contributed by atoms with E-state index in [1.165, 1.54) is 18.4 Å². The van der Waals surface area contributed by atoms with Crippen LogP contribution in [0.2, 0.25) is 10.0 Å². The highest BCUT2D eigenvalue weighted by molar-refractivity contribution is 7.84. The van der Waals surface area contributed by atoms with E-state index in [1.54, 1.807) is 6.92 Å². The maximum Gasteiger partial charge on any atom is 0.416 e. The summed E-state index contributed by atoms with van der Waals surface area (Å²) in [6, 6.07) is 1.31. The van der Waals surface area contributed by atoms with Gasteiger partial charge >= 0.3 is 6.18 Å². The van der Waals surface area contributed by atoms with Gasteiger partial charge in [0.2, 0.25) is 0 Å². The maximum atomic E-state index is 13.0. The second-order valence-electron chi connectivity index (χ2n) is 5.69. The van der Waals surface area contributed by atoms with Gasteiger partial charge in [0.25, 0.3) is 5.91 Å². The molecule has 0 saturated heterocycles. The fourth-order valence-corrected chi connectivity index (χ4v) is 3.77. The first-order valence-electron chi connectivity index (χ1n) is 7.93. The second-order valence-corrected chi connectivity index (χ2v) is 7.82. The number of halogens is 5. The molecule has 0 aliphatic rings. The second kappa shape index (κ2) is 9.06. The van der Waals surface area contributed by atoms with E-state index in [4.69, 9.17) is 34.7 Å². The highest BCUT2D eigenvalue weighted by atomic mass is 35.5. The number of carbonyl (C=O) groups is 1. The van der Waals surface area contributed by atoms with Gasteiger partial charge in [-0.3, -0.25) is 9.00 Å². The molecule has 1 amide bonds. The van der Waals surface area contributed by atoms with E-state index in [9.17, 15) is 22.2 Å². The molecule has 0 fully saturated rings. The van der Waals surface area contributed by atoms with E-state index in [0.717, 1.165) is 4.68 Å². The Morgan fingerprint density at radius 2 is 1.90 bits per heavy atom. The Morgan fingerprint density at radius 1 is 1.33 bits per heavy atom. The van der Waals surface area contributed by atoms with Crippen LogP contribution in [0.5, 0.6) is 0 Å². The zero-order valence-electron chi connectivity index (χ0n) is 15.4. The standard InChI is InChI=1S/C16H15Cl2F3N6O2S/c1-3-4-10(28)24-25-14(22)11-13(30(2)29)15(23)27(26-11)12-8(17)5-7(6-9(12)18)16(19,20)21/h3-6H,23H2,1-2H3,(H2,22,25)(H,24,28). The van der Waals surface area contributed by atoms with Crippen molar-refractivity contribution in [2.75, 3.05) is 12.0 Å². The van der Waals surface area contributed by atoms with Gasteiger partial charge in [0.15, 0.2) is 5.84 Å². The summed E-state index contributed by atoms with van der Waals surface area (Å²) in [6.07, 6.45) is -0.743. The first-order chi connectivity index (χ1) is 13.9. The molecule has 0 radical (unpaired) electrons. The molecular formula is C16H15Cl2F3N6O2S. The van der Waals surface area contributed by atoms with E-state index >= 15 is 0 Å². The van der Waals surface area contributed by atoms with Gasteiger partial charge < -0.3 is 11.5 Å². The Morgan fingerprint density at radius 3 is 2.37 bits per heavy atom. The zero-order chi connectivity index (χ0) is 22.8. The van der Waals surface area contributed by atoms with Crippen LogP contribution in [0.3, 0.4) is 0 Å². The fraction of sp³-hybridized carbons (Fsp3) is 0.188. The quantitative estimate of drug-likeness (QED) is 0.261.